The molecule has 1 aliphatic heterocycles. The van der Waals surface area contributed by atoms with Crippen molar-refractivity contribution in [3.8, 4) is 0 Å². The zero-order valence-electron chi connectivity index (χ0n) is 7.19. The third-order valence-electron chi connectivity index (χ3n) is 0.890. The molecule has 5 nitrogen and oxygen atoms in total. The minimum atomic E-state index is -1.06. The quantitative estimate of drug-likeness (QED) is 0.616. The molecule has 0 bridgehead atoms. The smallest absolute Gasteiger partial charge is 0.310 e. The maximum absolute atomic E-state index is 9.87. The Labute approximate surface area is 75.6 Å². The largest absolute Gasteiger partial charge is 0.481 e. The van der Waals surface area contributed by atoms with E-state index in [1.54, 1.807) is 18.5 Å². The number of nitrogens with one attached hydrogen (secondary N) is 1. The molecule has 0 radical (unpaired) electrons. The molecule has 0 atom stereocenters. The Balaban J connectivity index is 0.000000223. The summed E-state index contributed by atoms with van der Waals surface area (Å²) in [5.41, 5.74) is 2.52. The van der Waals surface area contributed by atoms with Gasteiger partial charge in [0.1, 0.15) is 18.5 Å². The number of hydroxylamine groups is 1. The number of carbonyl (C=O) groups is 2. The summed E-state index contributed by atoms with van der Waals surface area (Å²) < 4.78 is 0. The molecule has 0 amide bonds. The van der Waals surface area contributed by atoms with Gasteiger partial charge in [-0.05, 0) is 19.1 Å². The van der Waals surface area contributed by atoms with Crippen molar-refractivity contribution in [2.75, 3.05) is 0 Å². The monoisotopic (exact) mass is 185 g/mol. The van der Waals surface area contributed by atoms with E-state index in [-0.39, 0.29) is 12.2 Å². The van der Waals surface area contributed by atoms with Crippen molar-refractivity contribution in [3.05, 3.63) is 24.6 Å². The van der Waals surface area contributed by atoms with Gasteiger partial charge in [0.2, 0.25) is 0 Å². The van der Waals surface area contributed by atoms with Gasteiger partial charge < -0.3 is 9.94 Å². The number of ketones is 1. The van der Waals surface area contributed by atoms with Crippen LogP contribution in [-0.4, -0.2) is 16.9 Å². The molecule has 0 fully saturated rings. The molecule has 0 saturated heterocycles. The summed E-state index contributed by atoms with van der Waals surface area (Å²) in [4.78, 5) is 24.0. The first kappa shape index (κ1) is 11.2. The van der Waals surface area contributed by atoms with Crippen molar-refractivity contribution in [1.29, 1.82) is 0 Å². The number of aliphatic carboxylic acids is 1. The molecular formula is C8H11NO4. The molecule has 1 rings (SSSR count). The number of carboxylic acids is 1. The second-order valence-electron chi connectivity index (χ2n) is 2.20. The third-order valence-corrected chi connectivity index (χ3v) is 0.890. The molecule has 0 aliphatic carbocycles. The van der Waals surface area contributed by atoms with Crippen LogP contribution in [0.25, 0.3) is 0 Å². The third kappa shape index (κ3) is 10.2. The van der Waals surface area contributed by atoms with Gasteiger partial charge in [0.25, 0.3) is 0 Å². The lowest BCUT2D eigenvalue weighted by molar-refractivity contribution is -0.139. The summed E-state index contributed by atoms with van der Waals surface area (Å²) in [6.45, 7) is 1.24. The number of allylic oxidation sites excluding steroid dienone is 2. The van der Waals surface area contributed by atoms with Crippen LogP contribution in [-0.2, 0) is 14.4 Å². The highest BCUT2D eigenvalue weighted by atomic mass is 16.6. The number of carboxylic acid groups (broad SMARTS) is 1. The minimum Gasteiger partial charge on any atom is -0.481 e. The van der Waals surface area contributed by atoms with E-state index >= 15 is 0 Å². The molecular weight excluding hydrogens is 174 g/mol. The summed E-state index contributed by atoms with van der Waals surface area (Å²) in [6.07, 6.45) is 6.57. The standard InChI is InChI=1S/C4H5NO.C4H6O3/c1-2-4-6-5-3-1;1-3(5)2-4(6)7/h1-5H;2H2,1H3,(H,6,7). The zero-order chi connectivity index (χ0) is 10.1. The van der Waals surface area contributed by atoms with Crippen LogP contribution < -0.4 is 5.48 Å². The Morgan fingerprint density at radius 3 is 2.23 bits per heavy atom. The molecule has 0 unspecified atom stereocenters. The van der Waals surface area contributed by atoms with Crippen molar-refractivity contribution in [2.45, 2.75) is 13.3 Å². The lowest BCUT2D eigenvalue weighted by Gasteiger charge is -1.97. The summed E-state index contributed by atoms with van der Waals surface area (Å²) in [5.74, 6) is -1.37. The fourth-order valence-corrected chi connectivity index (χ4v) is 0.471. The van der Waals surface area contributed by atoms with Gasteiger partial charge in [-0.1, -0.05) is 0 Å². The van der Waals surface area contributed by atoms with Crippen LogP contribution in [0.5, 0.6) is 0 Å². The molecule has 0 saturated carbocycles. The van der Waals surface area contributed by atoms with Crippen LogP contribution in [0.4, 0.5) is 0 Å². The molecule has 13 heavy (non-hydrogen) atoms. The van der Waals surface area contributed by atoms with Gasteiger partial charge in [-0.3, -0.25) is 9.59 Å². The lowest BCUT2D eigenvalue weighted by atomic mass is 10.3. The Hall–Kier alpha value is -1.78. The summed E-state index contributed by atoms with van der Waals surface area (Å²) >= 11 is 0. The second-order valence-corrected chi connectivity index (χ2v) is 2.20. The van der Waals surface area contributed by atoms with Crippen LogP contribution in [0.1, 0.15) is 13.3 Å². The number of hydrogen-bond acceptors (Lipinski definition) is 4. The molecule has 2 N–H and O–H groups in total. The highest BCUT2D eigenvalue weighted by Crippen LogP contribution is 1.80. The van der Waals surface area contributed by atoms with Crippen molar-refractivity contribution in [2.24, 2.45) is 0 Å². The number of Topliss-reactive ketones (excluding diaryl/α,β-unsaturated/α-hetero) is 1. The van der Waals surface area contributed by atoms with Crippen LogP contribution in [0.15, 0.2) is 24.6 Å². The van der Waals surface area contributed by atoms with Gasteiger partial charge in [0, 0.05) is 6.20 Å². The summed E-state index contributed by atoms with van der Waals surface area (Å²) in [7, 11) is 0. The normalized spacial score (nSPS) is 11.8. The molecule has 1 aliphatic rings. The Morgan fingerprint density at radius 1 is 1.46 bits per heavy atom. The zero-order valence-corrected chi connectivity index (χ0v) is 7.19. The maximum Gasteiger partial charge on any atom is 0.310 e. The van der Waals surface area contributed by atoms with E-state index in [0.29, 0.717) is 0 Å². The highest BCUT2D eigenvalue weighted by Gasteiger charge is 1.98. The summed E-state index contributed by atoms with van der Waals surface area (Å²) in [5, 5.41) is 7.86. The van der Waals surface area contributed by atoms with E-state index in [4.69, 9.17) is 5.11 Å². The predicted octanol–water partition coefficient (Wildman–Crippen LogP) is 0.599. The van der Waals surface area contributed by atoms with E-state index in [0.717, 1.165) is 0 Å². The number of carbonyl (C=O) groups excluding carboxylic acids is 1. The Morgan fingerprint density at radius 2 is 2.15 bits per heavy atom. The molecule has 1 heterocycles. The van der Waals surface area contributed by atoms with Gasteiger partial charge in [0.05, 0.1) is 0 Å². The van der Waals surface area contributed by atoms with Crippen LogP contribution in [0.3, 0.4) is 0 Å². The van der Waals surface area contributed by atoms with Crippen molar-refractivity contribution in [3.63, 3.8) is 0 Å². The fraction of sp³-hybridized carbons (Fsp3) is 0.250. The van der Waals surface area contributed by atoms with Crippen LogP contribution >= 0.6 is 0 Å². The van der Waals surface area contributed by atoms with Crippen LogP contribution in [0, 0.1) is 0 Å². The van der Waals surface area contributed by atoms with Gasteiger partial charge in [-0.25, -0.2) is 5.48 Å². The number of rotatable bonds is 2. The SMILES string of the molecule is C1=CNOC=C1.CC(=O)CC(=O)O. The van der Waals surface area contributed by atoms with Crippen molar-refractivity contribution in [1.82, 2.24) is 5.48 Å². The molecule has 0 aromatic carbocycles. The second kappa shape index (κ2) is 6.90. The Kier molecular flexibility index (Phi) is 5.96. The topological polar surface area (TPSA) is 75.6 Å². The molecule has 5 heteroatoms. The molecule has 0 spiro atoms. The van der Waals surface area contributed by atoms with E-state index in [1.165, 1.54) is 6.92 Å². The van der Waals surface area contributed by atoms with Crippen molar-refractivity contribution >= 4 is 11.8 Å². The highest BCUT2D eigenvalue weighted by molar-refractivity contribution is 5.93. The van der Waals surface area contributed by atoms with Gasteiger partial charge in [0.15, 0.2) is 0 Å². The average molecular weight is 185 g/mol. The van der Waals surface area contributed by atoms with E-state index < -0.39 is 5.97 Å². The average Bonchev–Trinajstić information content (AvgIpc) is 2.06. The van der Waals surface area contributed by atoms with Gasteiger partial charge in [-0.15, -0.1) is 0 Å². The maximum atomic E-state index is 9.87. The minimum absolute atomic E-state index is 0.312. The summed E-state index contributed by atoms with van der Waals surface area (Å²) in [6, 6.07) is 0. The first-order valence-corrected chi connectivity index (χ1v) is 3.57. The van der Waals surface area contributed by atoms with E-state index in [9.17, 15) is 9.59 Å². The molecule has 0 aromatic heterocycles. The van der Waals surface area contributed by atoms with E-state index in [2.05, 4.69) is 10.3 Å². The molecule has 72 valence electrons. The predicted molar refractivity (Wildman–Crippen MR) is 45.4 cm³/mol. The van der Waals surface area contributed by atoms with Gasteiger partial charge >= 0.3 is 5.97 Å². The lowest BCUT2D eigenvalue weighted by Crippen LogP contribution is -2.01. The molecule has 0 aromatic rings. The fourth-order valence-electron chi connectivity index (χ4n) is 0.471. The van der Waals surface area contributed by atoms with Crippen LogP contribution in [0.2, 0.25) is 0 Å². The first-order valence-electron chi connectivity index (χ1n) is 3.57. The Bertz CT molecular complexity index is 208. The number of hydrogen-bond donors (Lipinski definition) is 2. The van der Waals surface area contributed by atoms with Gasteiger partial charge in [-0.2, -0.15) is 0 Å². The first-order chi connectivity index (χ1) is 6.13. The van der Waals surface area contributed by atoms with E-state index in [1.807, 2.05) is 6.08 Å². The van der Waals surface area contributed by atoms with Crippen molar-refractivity contribution < 1.29 is 19.5 Å².